The van der Waals surface area contributed by atoms with Gasteiger partial charge < -0.3 is 19.7 Å². The van der Waals surface area contributed by atoms with Crippen LogP contribution in [0.1, 0.15) is 51.9 Å². The number of carbonyl (C=O) groups is 2. The molecule has 6 heteroatoms. The fourth-order valence-corrected chi connectivity index (χ4v) is 3.51. The molecule has 1 saturated carbocycles. The molecule has 0 aliphatic heterocycles. The van der Waals surface area contributed by atoms with Crippen molar-refractivity contribution >= 4 is 11.8 Å². The number of methoxy groups -OCH3 is 1. The van der Waals surface area contributed by atoms with Gasteiger partial charge in [0.15, 0.2) is 0 Å². The van der Waals surface area contributed by atoms with Gasteiger partial charge in [-0.05, 0) is 37.1 Å². The Morgan fingerprint density at radius 1 is 1.07 bits per heavy atom. The lowest BCUT2D eigenvalue weighted by Crippen LogP contribution is -2.41. The van der Waals surface area contributed by atoms with Gasteiger partial charge in [-0.3, -0.25) is 9.59 Å². The number of rotatable bonds is 9. The lowest BCUT2D eigenvalue weighted by molar-refractivity contribution is -0.132. The first kappa shape index (κ1) is 21.1. The first-order chi connectivity index (χ1) is 13.1. The molecule has 0 aromatic heterocycles. The number of benzene rings is 1. The molecule has 0 atom stereocenters. The Balaban J connectivity index is 1.66. The molecule has 1 aromatic rings. The summed E-state index contributed by atoms with van der Waals surface area (Å²) in [5.74, 6) is 1.53. The predicted molar refractivity (Wildman–Crippen MR) is 105 cm³/mol. The van der Waals surface area contributed by atoms with E-state index in [1.54, 1.807) is 14.0 Å². The van der Waals surface area contributed by atoms with Crippen LogP contribution >= 0.6 is 0 Å². The van der Waals surface area contributed by atoms with Crippen LogP contribution in [0.5, 0.6) is 11.5 Å². The summed E-state index contributed by atoms with van der Waals surface area (Å²) in [6, 6.07) is 7.61. The number of carbonyl (C=O) groups excluding carboxylic acids is 2. The van der Waals surface area contributed by atoms with E-state index in [4.69, 9.17) is 9.47 Å². The smallest absolute Gasteiger partial charge is 0.221 e. The average Bonchev–Trinajstić information content (AvgIpc) is 2.95. The zero-order valence-electron chi connectivity index (χ0n) is 16.5. The highest BCUT2D eigenvalue weighted by atomic mass is 16.5. The number of nitrogens with zero attached hydrogens (tertiary/aromatic N) is 1. The maximum atomic E-state index is 12.1. The Hall–Kier alpha value is -2.24. The van der Waals surface area contributed by atoms with E-state index < -0.39 is 0 Å². The summed E-state index contributed by atoms with van der Waals surface area (Å²) in [4.78, 5) is 26.0. The van der Waals surface area contributed by atoms with Crippen LogP contribution in [0, 0.1) is 0 Å². The molecule has 0 saturated heterocycles. The minimum Gasteiger partial charge on any atom is -0.497 e. The number of amides is 2. The zero-order chi connectivity index (χ0) is 19.5. The summed E-state index contributed by atoms with van der Waals surface area (Å²) in [6.45, 7) is 2.93. The molecule has 0 unspecified atom stereocenters. The SMILES string of the molecule is COc1ccc(OCCNC(=O)CCN(C(C)=O)C2CCCCCC2)cc1. The van der Waals surface area contributed by atoms with Gasteiger partial charge in [-0.1, -0.05) is 25.7 Å². The van der Waals surface area contributed by atoms with Crippen molar-refractivity contribution in [1.29, 1.82) is 0 Å². The van der Waals surface area contributed by atoms with Crippen LogP contribution < -0.4 is 14.8 Å². The minimum atomic E-state index is -0.0480. The third-order valence-electron chi connectivity index (χ3n) is 5.00. The van der Waals surface area contributed by atoms with Crippen molar-refractivity contribution in [2.45, 2.75) is 57.9 Å². The van der Waals surface area contributed by atoms with Crippen LogP contribution in [0.15, 0.2) is 24.3 Å². The van der Waals surface area contributed by atoms with Crippen LogP contribution in [-0.4, -0.2) is 49.6 Å². The van der Waals surface area contributed by atoms with Crippen molar-refractivity contribution in [3.8, 4) is 11.5 Å². The molecule has 1 aliphatic carbocycles. The summed E-state index contributed by atoms with van der Waals surface area (Å²) >= 11 is 0. The molecule has 1 aromatic carbocycles. The molecular formula is C21H32N2O4. The fourth-order valence-electron chi connectivity index (χ4n) is 3.51. The van der Waals surface area contributed by atoms with E-state index in [9.17, 15) is 9.59 Å². The Kier molecular flexibility index (Phi) is 8.95. The Morgan fingerprint density at radius 3 is 2.30 bits per heavy atom. The molecule has 0 spiro atoms. The quantitative estimate of drug-likeness (QED) is 0.531. The Morgan fingerprint density at radius 2 is 1.70 bits per heavy atom. The highest BCUT2D eigenvalue weighted by molar-refractivity contribution is 5.78. The molecule has 2 rings (SSSR count). The fraction of sp³-hybridized carbons (Fsp3) is 0.619. The van der Waals surface area contributed by atoms with Crippen molar-refractivity contribution in [3.05, 3.63) is 24.3 Å². The van der Waals surface area contributed by atoms with Crippen LogP contribution in [0.4, 0.5) is 0 Å². The van der Waals surface area contributed by atoms with Crippen LogP contribution in [0.3, 0.4) is 0 Å². The van der Waals surface area contributed by atoms with Crippen molar-refractivity contribution in [2.75, 3.05) is 26.8 Å². The summed E-state index contributed by atoms with van der Waals surface area (Å²) in [5, 5.41) is 2.86. The first-order valence-electron chi connectivity index (χ1n) is 9.91. The molecule has 2 amide bonds. The number of hydrogen-bond donors (Lipinski definition) is 1. The van der Waals surface area contributed by atoms with Crippen molar-refractivity contribution in [2.24, 2.45) is 0 Å². The second-order valence-corrected chi connectivity index (χ2v) is 6.98. The van der Waals surface area contributed by atoms with E-state index in [-0.39, 0.29) is 17.9 Å². The Bertz CT molecular complexity index is 580. The van der Waals surface area contributed by atoms with Gasteiger partial charge in [-0.15, -0.1) is 0 Å². The first-order valence-corrected chi connectivity index (χ1v) is 9.91. The Labute approximate surface area is 162 Å². The van der Waals surface area contributed by atoms with Crippen LogP contribution in [-0.2, 0) is 9.59 Å². The van der Waals surface area contributed by atoms with Crippen molar-refractivity contribution < 1.29 is 19.1 Å². The van der Waals surface area contributed by atoms with Gasteiger partial charge in [0.1, 0.15) is 18.1 Å². The van der Waals surface area contributed by atoms with Crippen LogP contribution in [0.25, 0.3) is 0 Å². The molecule has 150 valence electrons. The highest BCUT2D eigenvalue weighted by Crippen LogP contribution is 2.22. The lowest BCUT2D eigenvalue weighted by atomic mass is 10.1. The molecule has 0 heterocycles. The van der Waals surface area contributed by atoms with E-state index in [2.05, 4.69) is 5.32 Å². The molecule has 27 heavy (non-hydrogen) atoms. The third kappa shape index (κ3) is 7.49. The van der Waals surface area contributed by atoms with E-state index in [0.717, 1.165) is 24.3 Å². The van der Waals surface area contributed by atoms with Gasteiger partial charge in [0, 0.05) is 25.9 Å². The second kappa shape index (κ2) is 11.5. The number of ether oxygens (including phenoxy) is 2. The molecule has 1 N–H and O–H groups in total. The topological polar surface area (TPSA) is 67.9 Å². The molecule has 1 aliphatic rings. The maximum absolute atomic E-state index is 12.1. The summed E-state index contributed by atoms with van der Waals surface area (Å²) < 4.78 is 10.7. The highest BCUT2D eigenvalue weighted by Gasteiger charge is 2.22. The average molecular weight is 376 g/mol. The molecule has 1 fully saturated rings. The summed E-state index contributed by atoms with van der Waals surface area (Å²) in [5.41, 5.74) is 0. The zero-order valence-corrected chi connectivity index (χ0v) is 16.5. The van der Waals surface area contributed by atoms with E-state index >= 15 is 0 Å². The standard InChI is InChI=1S/C21H32N2O4/c1-17(24)23(18-7-5-3-4-6-8-18)15-13-21(25)22-14-16-27-20-11-9-19(26-2)10-12-20/h9-12,18H,3-8,13-16H2,1-2H3,(H,22,25). The second-order valence-electron chi connectivity index (χ2n) is 6.98. The van der Waals surface area contributed by atoms with Crippen molar-refractivity contribution in [1.82, 2.24) is 10.2 Å². The van der Waals surface area contributed by atoms with Gasteiger partial charge in [-0.2, -0.15) is 0 Å². The molecule has 0 bridgehead atoms. The predicted octanol–water partition coefficient (Wildman–Crippen LogP) is 3.15. The molecule has 6 nitrogen and oxygen atoms in total. The normalized spacial score (nSPS) is 14.9. The largest absolute Gasteiger partial charge is 0.497 e. The van der Waals surface area contributed by atoms with Gasteiger partial charge >= 0.3 is 0 Å². The van der Waals surface area contributed by atoms with E-state index in [1.807, 2.05) is 29.2 Å². The van der Waals surface area contributed by atoms with Crippen LogP contribution in [0.2, 0.25) is 0 Å². The van der Waals surface area contributed by atoms with E-state index in [1.165, 1.54) is 25.7 Å². The molecule has 0 radical (unpaired) electrons. The van der Waals surface area contributed by atoms with Gasteiger partial charge in [-0.25, -0.2) is 0 Å². The molecular weight excluding hydrogens is 344 g/mol. The van der Waals surface area contributed by atoms with Gasteiger partial charge in [0.05, 0.1) is 13.7 Å². The lowest BCUT2D eigenvalue weighted by Gasteiger charge is -2.30. The monoisotopic (exact) mass is 376 g/mol. The van der Waals surface area contributed by atoms with Crippen molar-refractivity contribution in [3.63, 3.8) is 0 Å². The number of nitrogens with one attached hydrogen (secondary N) is 1. The van der Waals surface area contributed by atoms with Gasteiger partial charge in [0.25, 0.3) is 0 Å². The third-order valence-corrected chi connectivity index (χ3v) is 5.00. The minimum absolute atomic E-state index is 0.0480. The van der Waals surface area contributed by atoms with E-state index in [0.29, 0.717) is 26.1 Å². The summed E-state index contributed by atoms with van der Waals surface area (Å²) in [7, 11) is 1.62. The summed E-state index contributed by atoms with van der Waals surface area (Å²) in [6.07, 6.45) is 7.27. The maximum Gasteiger partial charge on any atom is 0.221 e. The number of hydrogen-bond acceptors (Lipinski definition) is 4. The van der Waals surface area contributed by atoms with Gasteiger partial charge in [0.2, 0.25) is 11.8 Å².